The molecule has 130 valence electrons. The number of amides is 3. The Morgan fingerprint density at radius 1 is 1.24 bits per heavy atom. The first-order valence-electron chi connectivity index (χ1n) is 7.50. The molecule has 0 saturated carbocycles. The first-order chi connectivity index (χ1) is 11.9. The summed E-state index contributed by atoms with van der Waals surface area (Å²) in [5.74, 6) is 0.204. The highest BCUT2D eigenvalue weighted by Gasteiger charge is 2.34. The third kappa shape index (κ3) is 4.16. The van der Waals surface area contributed by atoms with Gasteiger partial charge in [0.05, 0.1) is 5.92 Å². The van der Waals surface area contributed by atoms with E-state index in [1.165, 1.54) is 18.8 Å². The molecule has 2 aromatic rings. The van der Waals surface area contributed by atoms with E-state index < -0.39 is 11.9 Å². The Bertz CT molecular complexity index is 834. The van der Waals surface area contributed by atoms with Crippen molar-refractivity contribution >= 4 is 45.3 Å². The van der Waals surface area contributed by atoms with E-state index in [-0.39, 0.29) is 12.3 Å². The summed E-state index contributed by atoms with van der Waals surface area (Å²) in [6.07, 6.45) is 0.234. The van der Waals surface area contributed by atoms with Gasteiger partial charge in [-0.15, -0.1) is 10.2 Å². The van der Waals surface area contributed by atoms with Gasteiger partial charge in [-0.3, -0.25) is 9.69 Å². The number of rotatable bonds is 5. The van der Waals surface area contributed by atoms with Crippen molar-refractivity contribution in [2.45, 2.75) is 24.3 Å². The van der Waals surface area contributed by atoms with Crippen LogP contribution in [0.5, 0.6) is 0 Å². The molecule has 1 atom stereocenters. The van der Waals surface area contributed by atoms with E-state index in [1.807, 2.05) is 24.3 Å². The van der Waals surface area contributed by atoms with E-state index in [9.17, 15) is 9.59 Å². The van der Waals surface area contributed by atoms with Crippen LogP contribution in [0.25, 0.3) is 0 Å². The number of imide groups is 1. The standard InChI is InChI=1S/C16H15BrN4O3S/c1-9-12(14(22)21(2)15(23)18-9)7-13-19-20-16(24-13)25-8-10-3-5-11(17)6-4-10/h3-6,12H,7-8H2,1-2H3. The Morgan fingerprint density at radius 2 is 1.96 bits per heavy atom. The van der Waals surface area contributed by atoms with Crippen LogP contribution in [0.2, 0.25) is 0 Å². The lowest BCUT2D eigenvalue weighted by Gasteiger charge is -2.24. The minimum absolute atomic E-state index is 0.234. The molecule has 9 heteroatoms. The van der Waals surface area contributed by atoms with E-state index in [0.717, 1.165) is 14.9 Å². The summed E-state index contributed by atoms with van der Waals surface area (Å²) < 4.78 is 6.64. The summed E-state index contributed by atoms with van der Waals surface area (Å²) >= 11 is 4.83. The molecule has 1 aliphatic rings. The average Bonchev–Trinajstić information content (AvgIpc) is 3.04. The normalized spacial score (nSPS) is 17.8. The van der Waals surface area contributed by atoms with Crippen molar-refractivity contribution in [3.05, 3.63) is 40.2 Å². The lowest BCUT2D eigenvalue weighted by atomic mass is 9.97. The molecule has 0 spiro atoms. The Morgan fingerprint density at radius 3 is 2.68 bits per heavy atom. The van der Waals surface area contributed by atoms with Crippen LogP contribution in [0, 0.1) is 5.92 Å². The van der Waals surface area contributed by atoms with Gasteiger partial charge >= 0.3 is 6.03 Å². The molecule has 3 amide bonds. The third-order valence-corrected chi connectivity index (χ3v) is 5.21. The molecule has 0 radical (unpaired) electrons. The number of nitrogens with zero attached hydrogens (tertiary/aromatic N) is 4. The number of hydrogen-bond donors (Lipinski definition) is 0. The zero-order valence-corrected chi connectivity index (χ0v) is 16.0. The number of urea groups is 1. The summed E-state index contributed by atoms with van der Waals surface area (Å²) in [7, 11) is 1.42. The molecule has 7 nitrogen and oxygen atoms in total. The molecule has 1 aromatic carbocycles. The number of hydrogen-bond acceptors (Lipinski definition) is 6. The quantitative estimate of drug-likeness (QED) is 0.686. The number of benzene rings is 1. The Labute approximate surface area is 157 Å². The highest BCUT2D eigenvalue weighted by atomic mass is 79.9. The minimum atomic E-state index is -0.549. The summed E-state index contributed by atoms with van der Waals surface area (Å²) in [5, 5.41) is 8.44. The van der Waals surface area contributed by atoms with Crippen LogP contribution in [0.1, 0.15) is 18.4 Å². The summed E-state index contributed by atoms with van der Waals surface area (Å²) in [6, 6.07) is 7.44. The van der Waals surface area contributed by atoms with Gasteiger partial charge in [-0.25, -0.2) is 9.79 Å². The third-order valence-electron chi connectivity index (χ3n) is 3.79. The van der Waals surface area contributed by atoms with E-state index in [0.29, 0.717) is 22.6 Å². The average molecular weight is 423 g/mol. The van der Waals surface area contributed by atoms with Crippen LogP contribution in [0.15, 0.2) is 43.4 Å². The molecular weight excluding hydrogens is 408 g/mol. The van der Waals surface area contributed by atoms with Crippen LogP contribution < -0.4 is 0 Å². The molecule has 1 unspecified atom stereocenters. The van der Waals surface area contributed by atoms with Crippen molar-refractivity contribution in [2.75, 3.05) is 7.05 Å². The molecule has 2 heterocycles. The first kappa shape index (κ1) is 17.8. The lowest BCUT2D eigenvalue weighted by molar-refractivity contribution is -0.129. The molecule has 1 aromatic heterocycles. The van der Waals surface area contributed by atoms with Gasteiger partial charge in [-0.1, -0.05) is 39.8 Å². The molecular formula is C16H15BrN4O3S. The van der Waals surface area contributed by atoms with Crippen LogP contribution in [0.4, 0.5) is 4.79 Å². The second kappa shape index (κ2) is 7.49. The predicted octanol–water partition coefficient (Wildman–Crippen LogP) is 3.34. The van der Waals surface area contributed by atoms with Crippen molar-refractivity contribution in [1.29, 1.82) is 0 Å². The van der Waals surface area contributed by atoms with E-state index in [2.05, 4.69) is 31.1 Å². The van der Waals surface area contributed by atoms with Crippen LogP contribution in [0.3, 0.4) is 0 Å². The predicted molar refractivity (Wildman–Crippen MR) is 96.5 cm³/mol. The number of carbonyl (C=O) groups excluding carboxylic acids is 2. The van der Waals surface area contributed by atoms with Gasteiger partial charge in [0, 0.05) is 29.4 Å². The molecule has 0 bridgehead atoms. The molecule has 3 rings (SSSR count). The number of thioether (sulfide) groups is 1. The van der Waals surface area contributed by atoms with E-state index >= 15 is 0 Å². The summed E-state index contributed by atoms with van der Waals surface area (Å²) in [5.41, 5.74) is 1.61. The zero-order chi connectivity index (χ0) is 18.0. The highest BCUT2D eigenvalue weighted by Crippen LogP contribution is 2.24. The summed E-state index contributed by atoms with van der Waals surface area (Å²) in [6.45, 7) is 1.66. The van der Waals surface area contributed by atoms with Gasteiger partial charge in [-0.05, 0) is 24.6 Å². The maximum atomic E-state index is 12.2. The molecule has 1 aliphatic heterocycles. The van der Waals surface area contributed by atoms with Crippen LogP contribution in [-0.2, 0) is 17.0 Å². The molecule has 0 fully saturated rings. The zero-order valence-electron chi connectivity index (χ0n) is 13.6. The second-order valence-electron chi connectivity index (χ2n) is 5.57. The number of aromatic nitrogens is 2. The Balaban J connectivity index is 1.63. The SMILES string of the molecule is CC1=NC(=O)N(C)C(=O)C1Cc1nnc(SCc2ccc(Br)cc2)o1. The lowest BCUT2D eigenvalue weighted by Crippen LogP contribution is -2.44. The number of aliphatic imine (C=N–C) groups is 1. The van der Waals surface area contributed by atoms with Crippen molar-refractivity contribution < 1.29 is 14.0 Å². The van der Waals surface area contributed by atoms with Gasteiger partial charge in [-0.2, -0.15) is 0 Å². The largest absolute Gasteiger partial charge is 0.416 e. The van der Waals surface area contributed by atoms with Gasteiger partial charge in [0.2, 0.25) is 11.8 Å². The molecule has 0 saturated heterocycles. The monoisotopic (exact) mass is 422 g/mol. The van der Waals surface area contributed by atoms with E-state index in [1.54, 1.807) is 6.92 Å². The second-order valence-corrected chi connectivity index (χ2v) is 7.41. The highest BCUT2D eigenvalue weighted by molar-refractivity contribution is 9.10. The fraction of sp³-hybridized carbons (Fsp3) is 0.312. The van der Waals surface area contributed by atoms with Gasteiger partial charge in [0.15, 0.2) is 0 Å². The number of carbonyl (C=O) groups is 2. The van der Waals surface area contributed by atoms with Crippen LogP contribution in [-0.4, -0.2) is 39.8 Å². The van der Waals surface area contributed by atoms with Gasteiger partial charge in [0.1, 0.15) is 0 Å². The summed E-state index contributed by atoms with van der Waals surface area (Å²) in [4.78, 5) is 28.6. The van der Waals surface area contributed by atoms with Crippen molar-refractivity contribution in [3.8, 4) is 0 Å². The fourth-order valence-corrected chi connectivity index (χ4v) is 3.33. The fourth-order valence-electron chi connectivity index (χ4n) is 2.32. The minimum Gasteiger partial charge on any atom is -0.416 e. The van der Waals surface area contributed by atoms with Crippen molar-refractivity contribution in [3.63, 3.8) is 0 Å². The maximum absolute atomic E-state index is 12.2. The smallest absolute Gasteiger partial charge is 0.349 e. The van der Waals surface area contributed by atoms with Gasteiger partial charge < -0.3 is 4.42 Å². The molecule has 0 N–H and O–H groups in total. The van der Waals surface area contributed by atoms with Crippen molar-refractivity contribution in [1.82, 2.24) is 15.1 Å². The molecule has 25 heavy (non-hydrogen) atoms. The Hall–Kier alpha value is -2.00. The Kier molecular flexibility index (Phi) is 5.33. The first-order valence-corrected chi connectivity index (χ1v) is 9.28. The number of halogens is 1. The van der Waals surface area contributed by atoms with E-state index in [4.69, 9.17) is 4.42 Å². The van der Waals surface area contributed by atoms with Gasteiger partial charge in [0.25, 0.3) is 5.22 Å². The van der Waals surface area contributed by atoms with Crippen LogP contribution >= 0.6 is 27.7 Å². The van der Waals surface area contributed by atoms with Crippen molar-refractivity contribution in [2.24, 2.45) is 10.9 Å². The maximum Gasteiger partial charge on any atom is 0.349 e. The molecule has 0 aliphatic carbocycles. The topological polar surface area (TPSA) is 88.7 Å².